The molecule has 4 fully saturated rings. The number of carbonyl (C=O) groups is 2. The minimum absolute atomic E-state index is 0.132. The van der Waals surface area contributed by atoms with Crippen LogP contribution in [0.25, 0.3) is 0 Å². The number of amides is 2. The van der Waals surface area contributed by atoms with Gasteiger partial charge >= 0.3 is 0 Å². The molecular weight excluding hydrogens is 362 g/mol. The van der Waals surface area contributed by atoms with Gasteiger partial charge in [0.25, 0.3) is 11.6 Å². The molecule has 8 heteroatoms. The average molecular weight is 385 g/mol. The van der Waals surface area contributed by atoms with Gasteiger partial charge in [0.05, 0.1) is 10.6 Å². The fourth-order valence-electron chi connectivity index (χ4n) is 6.22. The standard InChI is InChI=1S/C20H23N3O5/c24-18(21-20-7-12-3-13(8-20)5-14(4-12)9-20)10-22-16-6-15(23(26)27)1-2-17(16)28-11-19(22)25/h1-2,6,12-14H,3-5,7-11H2,(H,21,24). The summed E-state index contributed by atoms with van der Waals surface area (Å²) >= 11 is 0. The maximum absolute atomic E-state index is 12.9. The molecule has 1 aromatic rings. The third kappa shape index (κ3) is 2.91. The molecule has 1 aromatic carbocycles. The maximum atomic E-state index is 12.9. The molecule has 4 aliphatic carbocycles. The SMILES string of the molecule is O=C(CN1C(=O)COc2ccc([N+](=O)[O-])cc21)NC12CC3CC(CC(C3)C1)C2. The number of nitro groups is 1. The Morgan fingerprint density at radius 2 is 1.86 bits per heavy atom. The van der Waals surface area contributed by atoms with E-state index in [9.17, 15) is 19.7 Å². The molecule has 28 heavy (non-hydrogen) atoms. The smallest absolute Gasteiger partial charge is 0.271 e. The lowest BCUT2D eigenvalue weighted by atomic mass is 9.53. The summed E-state index contributed by atoms with van der Waals surface area (Å²) in [6.45, 7) is -0.312. The Morgan fingerprint density at radius 3 is 2.46 bits per heavy atom. The topological polar surface area (TPSA) is 102 Å². The number of ether oxygens (including phenoxy) is 1. The van der Waals surface area contributed by atoms with E-state index in [2.05, 4.69) is 5.32 Å². The number of nitrogens with one attached hydrogen (secondary N) is 1. The van der Waals surface area contributed by atoms with Gasteiger partial charge < -0.3 is 10.1 Å². The van der Waals surface area contributed by atoms with E-state index in [1.165, 1.54) is 42.4 Å². The van der Waals surface area contributed by atoms with Crippen molar-refractivity contribution < 1.29 is 19.2 Å². The number of anilines is 1. The lowest BCUT2D eigenvalue weighted by molar-refractivity contribution is -0.384. The summed E-state index contributed by atoms with van der Waals surface area (Å²) in [5.74, 6) is 1.94. The molecular formula is C20H23N3O5. The van der Waals surface area contributed by atoms with Crippen LogP contribution >= 0.6 is 0 Å². The highest BCUT2D eigenvalue weighted by atomic mass is 16.6. The molecule has 5 aliphatic rings. The Kier molecular flexibility index (Phi) is 3.86. The number of nitrogens with zero attached hydrogens (tertiary/aromatic N) is 2. The third-order valence-corrected chi connectivity index (χ3v) is 6.84. The van der Waals surface area contributed by atoms with Gasteiger partial charge in [-0.05, 0) is 62.3 Å². The second-order valence-corrected chi connectivity index (χ2v) is 8.92. The number of hydrogen-bond acceptors (Lipinski definition) is 5. The van der Waals surface area contributed by atoms with Crippen molar-refractivity contribution in [2.24, 2.45) is 17.8 Å². The Balaban J connectivity index is 1.35. The zero-order chi connectivity index (χ0) is 19.5. The van der Waals surface area contributed by atoms with Gasteiger partial charge in [0.15, 0.2) is 6.61 Å². The van der Waals surface area contributed by atoms with E-state index in [1.807, 2.05) is 0 Å². The molecule has 0 aromatic heterocycles. The van der Waals surface area contributed by atoms with Crippen LogP contribution in [0.3, 0.4) is 0 Å². The largest absolute Gasteiger partial charge is 0.482 e. The summed E-state index contributed by atoms with van der Waals surface area (Å²) in [5.41, 5.74) is 0.0156. The molecule has 0 saturated heterocycles. The first-order chi connectivity index (χ1) is 13.4. The van der Waals surface area contributed by atoms with E-state index in [1.54, 1.807) is 0 Å². The van der Waals surface area contributed by atoms with Gasteiger partial charge in [-0.15, -0.1) is 0 Å². The predicted molar refractivity (Wildman–Crippen MR) is 100.0 cm³/mol. The summed E-state index contributed by atoms with van der Waals surface area (Å²) in [4.78, 5) is 37.2. The van der Waals surface area contributed by atoms with Crippen molar-refractivity contribution in [3.8, 4) is 5.75 Å². The monoisotopic (exact) mass is 385 g/mol. The Bertz CT molecular complexity index is 832. The van der Waals surface area contributed by atoms with Crippen molar-refractivity contribution in [1.29, 1.82) is 0 Å². The van der Waals surface area contributed by atoms with E-state index < -0.39 is 4.92 Å². The lowest BCUT2D eigenvalue weighted by Gasteiger charge is -2.57. The highest BCUT2D eigenvalue weighted by Gasteiger charge is 2.51. The highest BCUT2D eigenvalue weighted by Crippen LogP contribution is 2.55. The van der Waals surface area contributed by atoms with Gasteiger partial charge in [-0.3, -0.25) is 24.6 Å². The van der Waals surface area contributed by atoms with Crippen LogP contribution in [0.2, 0.25) is 0 Å². The molecule has 0 spiro atoms. The van der Waals surface area contributed by atoms with Gasteiger partial charge in [0.2, 0.25) is 5.91 Å². The van der Waals surface area contributed by atoms with Crippen LogP contribution in [0.1, 0.15) is 38.5 Å². The van der Waals surface area contributed by atoms with Crippen molar-refractivity contribution in [1.82, 2.24) is 5.32 Å². The number of benzene rings is 1. The summed E-state index contributed by atoms with van der Waals surface area (Å²) in [5, 5.41) is 14.3. The van der Waals surface area contributed by atoms with E-state index >= 15 is 0 Å². The minimum atomic E-state index is -0.521. The Labute approximate surface area is 162 Å². The van der Waals surface area contributed by atoms with Crippen LogP contribution in [-0.2, 0) is 9.59 Å². The van der Waals surface area contributed by atoms with Gasteiger partial charge in [0, 0.05) is 17.7 Å². The zero-order valence-corrected chi connectivity index (χ0v) is 15.6. The quantitative estimate of drug-likeness (QED) is 0.633. The molecule has 1 N–H and O–H groups in total. The maximum Gasteiger partial charge on any atom is 0.271 e. The number of hydrogen-bond donors (Lipinski definition) is 1. The molecule has 6 rings (SSSR count). The van der Waals surface area contributed by atoms with Gasteiger partial charge in [-0.25, -0.2) is 0 Å². The molecule has 1 heterocycles. The number of carbonyl (C=O) groups excluding carboxylic acids is 2. The van der Waals surface area contributed by atoms with E-state index in [0.29, 0.717) is 23.5 Å². The summed E-state index contributed by atoms with van der Waals surface area (Å²) in [6, 6.07) is 4.11. The predicted octanol–water partition coefficient (Wildman–Crippen LogP) is 2.41. The van der Waals surface area contributed by atoms with Crippen molar-refractivity contribution in [2.75, 3.05) is 18.1 Å². The molecule has 4 saturated carbocycles. The molecule has 0 unspecified atom stereocenters. The van der Waals surface area contributed by atoms with Crippen molar-refractivity contribution in [2.45, 2.75) is 44.1 Å². The number of non-ortho nitro benzene ring substituents is 1. The van der Waals surface area contributed by atoms with Crippen LogP contribution in [0.15, 0.2) is 18.2 Å². The van der Waals surface area contributed by atoms with Crippen LogP contribution in [-0.4, -0.2) is 35.4 Å². The summed E-state index contributed by atoms with van der Waals surface area (Å²) in [6.07, 6.45) is 6.95. The van der Waals surface area contributed by atoms with Crippen molar-refractivity contribution >= 4 is 23.2 Å². The summed E-state index contributed by atoms with van der Waals surface area (Å²) < 4.78 is 5.37. The van der Waals surface area contributed by atoms with Crippen molar-refractivity contribution in [3.05, 3.63) is 28.3 Å². The van der Waals surface area contributed by atoms with Gasteiger partial charge in [-0.2, -0.15) is 0 Å². The second-order valence-electron chi connectivity index (χ2n) is 8.92. The Morgan fingerprint density at radius 1 is 1.21 bits per heavy atom. The number of rotatable bonds is 4. The fraction of sp³-hybridized carbons (Fsp3) is 0.600. The second kappa shape index (κ2) is 6.18. The highest BCUT2D eigenvalue weighted by molar-refractivity contribution is 6.02. The molecule has 0 radical (unpaired) electrons. The lowest BCUT2D eigenvalue weighted by Crippen LogP contribution is -2.61. The number of fused-ring (bicyclic) bond motifs is 1. The summed E-state index contributed by atoms with van der Waals surface area (Å²) in [7, 11) is 0. The molecule has 2 amide bonds. The van der Waals surface area contributed by atoms with E-state index in [4.69, 9.17) is 4.74 Å². The Hall–Kier alpha value is -2.64. The first kappa shape index (κ1) is 17.5. The first-order valence-corrected chi connectivity index (χ1v) is 9.93. The van der Waals surface area contributed by atoms with Crippen LogP contribution in [0.4, 0.5) is 11.4 Å². The fourth-order valence-corrected chi connectivity index (χ4v) is 6.22. The molecule has 1 aliphatic heterocycles. The minimum Gasteiger partial charge on any atom is -0.482 e. The van der Waals surface area contributed by atoms with Crippen LogP contribution in [0, 0.1) is 27.9 Å². The van der Waals surface area contributed by atoms with Crippen LogP contribution in [0.5, 0.6) is 5.75 Å². The number of nitro benzene ring substituents is 1. The van der Waals surface area contributed by atoms with Gasteiger partial charge in [-0.1, -0.05) is 0 Å². The van der Waals surface area contributed by atoms with Crippen molar-refractivity contribution in [3.63, 3.8) is 0 Å². The molecule has 4 bridgehead atoms. The normalized spacial score (nSPS) is 32.6. The zero-order valence-electron chi connectivity index (χ0n) is 15.6. The van der Waals surface area contributed by atoms with E-state index in [-0.39, 0.29) is 41.9 Å². The molecule has 148 valence electrons. The molecule has 0 atom stereocenters. The van der Waals surface area contributed by atoms with Crippen LogP contribution < -0.4 is 15.0 Å². The first-order valence-electron chi connectivity index (χ1n) is 9.93. The third-order valence-electron chi connectivity index (χ3n) is 6.84. The molecule has 8 nitrogen and oxygen atoms in total. The van der Waals surface area contributed by atoms with Gasteiger partial charge in [0.1, 0.15) is 12.3 Å². The van der Waals surface area contributed by atoms with E-state index in [0.717, 1.165) is 19.3 Å². The average Bonchev–Trinajstić information content (AvgIpc) is 2.62.